The van der Waals surface area contributed by atoms with Crippen molar-refractivity contribution in [3.63, 3.8) is 0 Å². The van der Waals surface area contributed by atoms with Crippen molar-refractivity contribution in [1.29, 1.82) is 0 Å². The molecule has 0 amide bonds. The molecule has 0 aliphatic rings. The first-order valence-electron chi connectivity index (χ1n) is 21.6. The van der Waals surface area contributed by atoms with Gasteiger partial charge in [-0.25, -0.2) is 15.0 Å². The molecule has 0 radical (unpaired) electrons. The lowest BCUT2D eigenvalue weighted by Crippen LogP contribution is -2.01. The summed E-state index contributed by atoms with van der Waals surface area (Å²) in [5.41, 5.74) is 6.56. The van der Waals surface area contributed by atoms with E-state index in [0.29, 0.717) is 17.2 Å². The standard InChI is InChI=1S/C53H32N4S/c1-3-14-33(15-4-1)41-22-13-23-44-45-31-38(57-47-24-11-9-20-42(47)43-21-10-12-25-48(43)57)32-46(50(45)58-49(41)44)53-55-51(35-17-5-2-6-18-35)54-52(56-53)37-28-29-40-36(30-37)27-26-34-16-7-8-19-39(34)40/h1-32H/i2D,5D,6D,17D,18D. The molecular weight excluding hydrogens is 725 g/mol. The maximum absolute atomic E-state index is 9.03. The van der Waals surface area contributed by atoms with Crippen LogP contribution in [-0.2, 0) is 0 Å². The Morgan fingerprint density at radius 3 is 1.81 bits per heavy atom. The Balaban J connectivity index is 1.20. The average Bonchev–Trinajstić information content (AvgIpc) is 3.88. The lowest BCUT2D eigenvalue weighted by atomic mass is 10.00. The number of benzene rings is 9. The van der Waals surface area contributed by atoms with Crippen molar-refractivity contribution < 1.29 is 6.85 Å². The van der Waals surface area contributed by atoms with Crippen LogP contribution in [0.4, 0.5) is 0 Å². The van der Waals surface area contributed by atoms with E-state index in [0.717, 1.165) is 85.9 Å². The number of aromatic nitrogens is 4. The molecule has 4 nitrogen and oxygen atoms in total. The van der Waals surface area contributed by atoms with E-state index < -0.39 is 18.1 Å². The van der Waals surface area contributed by atoms with Crippen molar-refractivity contribution >= 4 is 74.9 Å². The van der Waals surface area contributed by atoms with E-state index in [-0.39, 0.29) is 23.5 Å². The van der Waals surface area contributed by atoms with Crippen LogP contribution in [-0.4, -0.2) is 19.5 Å². The minimum atomic E-state index is -0.481. The molecule has 12 rings (SSSR count). The highest BCUT2D eigenvalue weighted by atomic mass is 32.1. The Hall–Kier alpha value is -7.47. The average molecular weight is 762 g/mol. The molecule has 0 N–H and O–H groups in total. The summed E-state index contributed by atoms with van der Waals surface area (Å²) < 4.78 is 48.0. The van der Waals surface area contributed by atoms with E-state index in [9.17, 15) is 0 Å². The fraction of sp³-hybridized carbons (Fsp3) is 0. The van der Waals surface area contributed by atoms with Gasteiger partial charge in [-0.3, -0.25) is 0 Å². The molecule has 12 aromatic rings. The van der Waals surface area contributed by atoms with E-state index in [1.807, 2.05) is 30.3 Å². The second-order valence-electron chi connectivity index (χ2n) is 14.4. The first-order valence-corrected chi connectivity index (χ1v) is 19.9. The molecule has 0 saturated heterocycles. The number of fused-ring (bicyclic) bond motifs is 9. The lowest BCUT2D eigenvalue weighted by molar-refractivity contribution is 1.08. The molecule has 3 aromatic heterocycles. The Kier molecular flexibility index (Phi) is 6.30. The Labute approximate surface area is 345 Å². The Morgan fingerprint density at radius 2 is 1.02 bits per heavy atom. The normalized spacial score (nSPS) is 13.0. The molecule has 0 atom stereocenters. The molecule has 0 saturated carbocycles. The maximum Gasteiger partial charge on any atom is 0.165 e. The van der Waals surface area contributed by atoms with Gasteiger partial charge in [0.25, 0.3) is 0 Å². The fourth-order valence-electron chi connectivity index (χ4n) is 8.48. The van der Waals surface area contributed by atoms with Crippen LogP contribution in [0.5, 0.6) is 0 Å². The quantitative estimate of drug-likeness (QED) is 0.164. The highest BCUT2D eigenvalue weighted by molar-refractivity contribution is 7.26. The zero-order valence-electron chi connectivity index (χ0n) is 35.8. The van der Waals surface area contributed by atoms with Crippen LogP contribution in [0.25, 0.3) is 115 Å². The van der Waals surface area contributed by atoms with Gasteiger partial charge in [0.15, 0.2) is 17.5 Å². The van der Waals surface area contributed by atoms with E-state index in [1.165, 1.54) is 0 Å². The monoisotopic (exact) mass is 761 g/mol. The van der Waals surface area contributed by atoms with Crippen molar-refractivity contribution in [2.75, 3.05) is 0 Å². The topological polar surface area (TPSA) is 43.6 Å². The molecule has 3 heterocycles. The maximum atomic E-state index is 9.03. The molecule has 0 aliphatic carbocycles. The van der Waals surface area contributed by atoms with Gasteiger partial charge in [0.2, 0.25) is 0 Å². The van der Waals surface area contributed by atoms with Crippen LogP contribution >= 0.6 is 11.3 Å². The van der Waals surface area contributed by atoms with Crippen LogP contribution in [0, 0.1) is 0 Å². The van der Waals surface area contributed by atoms with E-state index in [1.54, 1.807) is 11.3 Å². The molecular formula is C53H32N4S. The molecule has 270 valence electrons. The summed E-state index contributed by atoms with van der Waals surface area (Å²) in [5, 5.41) is 8.70. The number of thiophene rings is 1. The van der Waals surface area contributed by atoms with E-state index >= 15 is 0 Å². The number of nitrogens with zero attached hydrogens (tertiary/aromatic N) is 4. The van der Waals surface area contributed by atoms with Gasteiger partial charge in [-0.15, -0.1) is 11.3 Å². The van der Waals surface area contributed by atoms with E-state index in [4.69, 9.17) is 21.8 Å². The summed E-state index contributed by atoms with van der Waals surface area (Å²) in [6, 6.07) is 54.4. The molecule has 0 unspecified atom stereocenters. The van der Waals surface area contributed by atoms with Gasteiger partial charge in [0.1, 0.15) is 0 Å². The number of hydrogen-bond donors (Lipinski definition) is 0. The third-order valence-electron chi connectivity index (χ3n) is 11.1. The van der Waals surface area contributed by atoms with Crippen LogP contribution in [0.3, 0.4) is 0 Å². The molecule has 0 bridgehead atoms. The number of para-hydroxylation sites is 2. The second kappa shape index (κ2) is 13.1. The predicted molar refractivity (Wildman–Crippen MR) is 244 cm³/mol. The minimum absolute atomic E-state index is 0.00730. The van der Waals surface area contributed by atoms with E-state index in [2.05, 4.69) is 138 Å². The van der Waals surface area contributed by atoms with Gasteiger partial charge >= 0.3 is 0 Å². The molecule has 58 heavy (non-hydrogen) atoms. The zero-order valence-corrected chi connectivity index (χ0v) is 31.6. The smallest absolute Gasteiger partial charge is 0.165 e. The predicted octanol–water partition coefficient (Wildman–Crippen LogP) is 14.3. The van der Waals surface area contributed by atoms with Crippen molar-refractivity contribution in [2.45, 2.75) is 0 Å². The fourth-order valence-corrected chi connectivity index (χ4v) is 9.80. The molecule has 9 aromatic carbocycles. The summed E-state index contributed by atoms with van der Waals surface area (Å²) in [4.78, 5) is 15.3. The van der Waals surface area contributed by atoms with Gasteiger partial charge in [-0.05, 0) is 63.0 Å². The van der Waals surface area contributed by atoms with Crippen LogP contribution in [0.1, 0.15) is 6.85 Å². The first kappa shape index (κ1) is 28.0. The van der Waals surface area contributed by atoms with Crippen LogP contribution in [0.2, 0.25) is 0 Å². The van der Waals surface area contributed by atoms with Crippen molar-refractivity contribution in [1.82, 2.24) is 19.5 Å². The van der Waals surface area contributed by atoms with Gasteiger partial charge in [-0.2, -0.15) is 0 Å². The second-order valence-corrected chi connectivity index (χ2v) is 15.4. The Morgan fingerprint density at radius 1 is 0.397 bits per heavy atom. The van der Waals surface area contributed by atoms with Gasteiger partial charge in [0.05, 0.1) is 17.9 Å². The zero-order chi connectivity index (χ0) is 42.5. The van der Waals surface area contributed by atoms with Crippen molar-refractivity contribution in [2.24, 2.45) is 0 Å². The summed E-state index contributed by atoms with van der Waals surface area (Å²) in [5.74, 6) is 0.631. The Bertz CT molecular complexity index is 3800. The number of rotatable bonds is 5. The molecule has 0 spiro atoms. The summed E-state index contributed by atoms with van der Waals surface area (Å²) >= 11 is 1.67. The highest BCUT2D eigenvalue weighted by Gasteiger charge is 2.22. The SMILES string of the molecule is [2H]c1c([2H])c([2H])c(-c2nc(-c3ccc4c(ccc5ccccc54)c3)nc(-c3cc(-n4c5ccccc5c5ccccc54)cc4c3sc3c(-c5ccccc5)cccc34)n2)c([2H])c1[2H]. The largest absolute Gasteiger partial charge is 0.309 e. The third-order valence-corrected chi connectivity index (χ3v) is 12.4. The summed E-state index contributed by atoms with van der Waals surface area (Å²) in [6.07, 6.45) is 0. The van der Waals surface area contributed by atoms with Crippen LogP contribution in [0.15, 0.2) is 194 Å². The van der Waals surface area contributed by atoms with Crippen molar-refractivity contribution in [3.05, 3.63) is 194 Å². The van der Waals surface area contributed by atoms with Gasteiger partial charge in [0, 0.05) is 53.3 Å². The minimum Gasteiger partial charge on any atom is -0.309 e. The number of hydrogen-bond acceptors (Lipinski definition) is 4. The van der Waals surface area contributed by atoms with Gasteiger partial charge < -0.3 is 4.57 Å². The highest BCUT2D eigenvalue weighted by Crippen LogP contribution is 2.46. The lowest BCUT2D eigenvalue weighted by Gasteiger charge is -2.13. The van der Waals surface area contributed by atoms with Gasteiger partial charge in [-0.1, -0.05) is 164 Å². The molecule has 5 heteroatoms. The summed E-state index contributed by atoms with van der Waals surface area (Å²) in [7, 11) is 0. The first-order chi connectivity index (χ1) is 30.8. The summed E-state index contributed by atoms with van der Waals surface area (Å²) in [6.45, 7) is 0. The molecule has 0 fully saturated rings. The third kappa shape index (κ3) is 5.18. The van der Waals surface area contributed by atoms with Crippen LogP contribution < -0.4 is 0 Å². The van der Waals surface area contributed by atoms with Crippen molar-refractivity contribution in [3.8, 4) is 51.0 Å². The molecule has 0 aliphatic heterocycles.